The Balaban J connectivity index is 1.79. The van der Waals surface area contributed by atoms with E-state index in [2.05, 4.69) is 10.0 Å². The molecule has 1 fully saturated rings. The number of benzene rings is 1. The molecule has 3 rings (SSSR count). The van der Waals surface area contributed by atoms with E-state index in [1.165, 1.54) is 0 Å². The van der Waals surface area contributed by atoms with Crippen molar-refractivity contribution in [2.45, 2.75) is 18.6 Å². The number of nitrogens with zero attached hydrogens (tertiary/aromatic N) is 4. The van der Waals surface area contributed by atoms with Crippen LogP contribution in [0.1, 0.15) is 18.4 Å². The smallest absolute Gasteiger partial charge is 0.292 e. The molecule has 0 radical (unpaired) electrons. The van der Waals surface area contributed by atoms with E-state index in [1.54, 1.807) is 4.90 Å². The summed E-state index contributed by atoms with van der Waals surface area (Å²) in [5.74, 6) is -1.41. The van der Waals surface area contributed by atoms with Gasteiger partial charge in [-0.15, -0.1) is 0 Å². The molecule has 7 nitrogen and oxygen atoms in total. The van der Waals surface area contributed by atoms with Crippen molar-refractivity contribution in [1.82, 2.24) is 0 Å². The van der Waals surface area contributed by atoms with Gasteiger partial charge >= 0.3 is 0 Å². The first kappa shape index (κ1) is 13.9. The maximum atomic E-state index is 12.7. The fourth-order valence-electron chi connectivity index (χ4n) is 2.80. The van der Waals surface area contributed by atoms with Crippen LogP contribution in [0, 0.1) is 0 Å². The van der Waals surface area contributed by atoms with E-state index in [0.29, 0.717) is 26.3 Å². The van der Waals surface area contributed by atoms with Crippen molar-refractivity contribution < 1.29 is 14.3 Å². The summed E-state index contributed by atoms with van der Waals surface area (Å²) in [6, 6.07) is 7.55. The largest absolute Gasteiger partial charge is 0.336 e. The lowest BCUT2D eigenvalue weighted by Crippen LogP contribution is -2.41. The Kier molecular flexibility index (Phi) is 3.79. The Bertz CT molecular complexity index is 592. The molecule has 0 unspecified atom stereocenters. The first-order valence-electron chi connectivity index (χ1n) is 7.00. The highest BCUT2D eigenvalue weighted by atomic mass is 16.7. The number of fused-ring (bicyclic) bond motifs is 2. The summed E-state index contributed by atoms with van der Waals surface area (Å²) in [5.41, 5.74) is 9.87. The minimum atomic E-state index is -1.25. The summed E-state index contributed by atoms with van der Waals surface area (Å²) < 4.78 is 11.3. The molecule has 1 saturated heterocycles. The molecule has 1 aromatic rings. The van der Waals surface area contributed by atoms with Crippen LogP contribution in [0.25, 0.3) is 10.4 Å². The van der Waals surface area contributed by atoms with Crippen molar-refractivity contribution in [2.75, 3.05) is 31.2 Å². The minimum Gasteiger partial charge on any atom is -0.336 e. The van der Waals surface area contributed by atoms with E-state index < -0.39 is 5.79 Å². The predicted octanol–water partition coefficient (Wildman–Crippen LogP) is 2.32. The lowest BCUT2D eigenvalue weighted by molar-refractivity contribution is -0.180. The summed E-state index contributed by atoms with van der Waals surface area (Å²) in [5, 5.41) is 3.50. The number of para-hydroxylation sites is 1. The van der Waals surface area contributed by atoms with Gasteiger partial charge in [-0.05, 0) is 24.4 Å². The van der Waals surface area contributed by atoms with E-state index in [4.69, 9.17) is 15.0 Å². The number of carbonyl (C=O) groups is 1. The number of azide groups is 1. The maximum Gasteiger partial charge on any atom is 0.292 e. The number of rotatable bonds is 5. The zero-order valence-corrected chi connectivity index (χ0v) is 11.6. The number of hydrogen-bond donors (Lipinski definition) is 0. The van der Waals surface area contributed by atoms with Crippen molar-refractivity contribution in [3.63, 3.8) is 0 Å². The quantitative estimate of drug-likeness (QED) is 0.360. The van der Waals surface area contributed by atoms with Gasteiger partial charge in [0, 0.05) is 23.6 Å². The molecular weight excluding hydrogens is 272 g/mol. The Morgan fingerprint density at radius 3 is 2.81 bits per heavy atom. The van der Waals surface area contributed by atoms with Crippen LogP contribution in [-0.4, -0.2) is 32.2 Å². The summed E-state index contributed by atoms with van der Waals surface area (Å²) in [7, 11) is 0. The van der Waals surface area contributed by atoms with E-state index in [-0.39, 0.29) is 5.91 Å². The molecule has 2 aliphatic heterocycles. The average Bonchev–Trinajstić information content (AvgIpc) is 3.08. The number of carbonyl (C=O) groups excluding carboxylic acids is 1. The third kappa shape index (κ3) is 2.25. The zero-order chi connectivity index (χ0) is 14.7. The molecule has 0 atom stereocenters. The van der Waals surface area contributed by atoms with Crippen LogP contribution < -0.4 is 4.90 Å². The fraction of sp³-hybridized carbons (Fsp3) is 0.500. The van der Waals surface area contributed by atoms with Gasteiger partial charge < -0.3 is 14.4 Å². The molecule has 0 bridgehead atoms. The normalized spacial score (nSPS) is 18.9. The van der Waals surface area contributed by atoms with Crippen LogP contribution in [0.3, 0.4) is 0 Å². The Hall–Kier alpha value is -2.08. The van der Waals surface area contributed by atoms with Gasteiger partial charge in [-0.2, -0.15) is 0 Å². The van der Waals surface area contributed by atoms with Crippen LogP contribution in [0.2, 0.25) is 0 Å². The molecule has 110 valence electrons. The first-order chi connectivity index (χ1) is 10.3. The first-order valence-corrected chi connectivity index (χ1v) is 7.00. The highest BCUT2D eigenvalue weighted by molar-refractivity contribution is 6.06. The topological polar surface area (TPSA) is 87.5 Å². The number of unbranched alkanes of at least 4 members (excludes halogenated alkanes) is 1. The molecule has 1 aromatic carbocycles. The van der Waals surface area contributed by atoms with Gasteiger partial charge in [0.25, 0.3) is 11.7 Å². The highest BCUT2D eigenvalue weighted by Crippen LogP contribution is 2.45. The highest BCUT2D eigenvalue weighted by Gasteiger charge is 2.55. The molecule has 21 heavy (non-hydrogen) atoms. The van der Waals surface area contributed by atoms with E-state index >= 15 is 0 Å². The Morgan fingerprint density at radius 2 is 2.05 bits per heavy atom. The molecule has 1 amide bonds. The summed E-state index contributed by atoms with van der Waals surface area (Å²) in [4.78, 5) is 17.1. The second-order valence-corrected chi connectivity index (χ2v) is 4.95. The SMILES string of the molecule is [N-]=[N+]=NCCCCN1C(=O)C2(OCCO2)c2ccccc21. The van der Waals surface area contributed by atoms with Crippen LogP contribution in [0.5, 0.6) is 0 Å². The summed E-state index contributed by atoms with van der Waals surface area (Å²) in [6.45, 7) is 1.85. The van der Waals surface area contributed by atoms with Gasteiger partial charge in [0.2, 0.25) is 0 Å². The predicted molar refractivity (Wildman–Crippen MR) is 75.6 cm³/mol. The molecule has 0 N–H and O–H groups in total. The van der Waals surface area contributed by atoms with E-state index in [0.717, 1.165) is 24.1 Å². The monoisotopic (exact) mass is 288 g/mol. The van der Waals surface area contributed by atoms with Gasteiger partial charge in [-0.3, -0.25) is 4.79 Å². The van der Waals surface area contributed by atoms with Gasteiger partial charge in [-0.1, -0.05) is 23.3 Å². The van der Waals surface area contributed by atoms with Crippen LogP contribution in [0.4, 0.5) is 5.69 Å². The maximum absolute atomic E-state index is 12.7. The van der Waals surface area contributed by atoms with E-state index in [9.17, 15) is 4.79 Å². The fourth-order valence-corrected chi connectivity index (χ4v) is 2.80. The molecule has 0 aromatic heterocycles. The van der Waals surface area contributed by atoms with Gasteiger partial charge in [0.05, 0.1) is 18.9 Å². The molecule has 7 heteroatoms. The summed E-state index contributed by atoms with van der Waals surface area (Å²) >= 11 is 0. The van der Waals surface area contributed by atoms with Crippen molar-refractivity contribution in [2.24, 2.45) is 5.11 Å². The number of ether oxygens (including phenoxy) is 2. The minimum absolute atomic E-state index is 0.162. The van der Waals surface area contributed by atoms with Crippen LogP contribution in [0.15, 0.2) is 29.4 Å². The van der Waals surface area contributed by atoms with Crippen molar-refractivity contribution >= 4 is 11.6 Å². The number of amides is 1. The van der Waals surface area contributed by atoms with Crippen molar-refractivity contribution in [1.29, 1.82) is 0 Å². The molecular formula is C14H16N4O3. The van der Waals surface area contributed by atoms with Gasteiger partial charge in [-0.25, -0.2) is 0 Å². The second kappa shape index (κ2) is 5.73. The van der Waals surface area contributed by atoms with E-state index in [1.807, 2.05) is 24.3 Å². The lowest BCUT2D eigenvalue weighted by atomic mass is 10.1. The molecule has 0 aliphatic carbocycles. The average molecular weight is 288 g/mol. The molecule has 0 saturated carbocycles. The zero-order valence-electron chi connectivity index (χ0n) is 11.6. The van der Waals surface area contributed by atoms with Gasteiger partial charge in [0.15, 0.2) is 0 Å². The van der Waals surface area contributed by atoms with Crippen LogP contribution >= 0.6 is 0 Å². The Labute approximate surface area is 122 Å². The third-order valence-electron chi connectivity index (χ3n) is 3.72. The number of hydrogen-bond acceptors (Lipinski definition) is 4. The standard InChI is InChI=1S/C14H16N4O3/c15-17-16-7-3-4-8-18-12-6-2-1-5-11(12)14(13(18)19)20-9-10-21-14/h1-2,5-6H,3-4,7-10H2. The lowest BCUT2D eigenvalue weighted by Gasteiger charge is -2.22. The molecule has 2 aliphatic rings. The number of anilines is 1. The van der Waals surface area contributed by atoms with Crippen molar-refractivity contribution in [3.8, 4) is 0 Å². The second-order valence-electron chi connectivity index (χ2n) is 4.95. The molecule has 2 heterocycles. The Morgan fingerprint density at radius 1 is 1.29 bits per heavy atom. The van der Waals surface area contributed by atoms with Crippen LogP contribution in [-0.2, 0) is 20.1 Å². The third-order valence-corrected chi connectivity index (χ3v) is 3.72. The van der Waals surface area contributed by atoms with Gasteiger partial charge in [0.1, 0.15) is 0 Å². The molecule has 1 spiro atoms. The summed E-state index contributed by atoms with van der Waals surface area (Å²) in [6.07, 6.45) is 1.50. The van der Waals surface area contributed by atoms with Crippen molar-refractivity contribution in [3.05, 3.63) is 40.3 Å².